The molecule has 7 rings (SSSR count). The molecule has 4 aromatic rings. The van der Waals surface area contributed by atoms with Crippen molar-refractivity contribution in [2.75, 3.05) is 94.0 Å². The van der Waals surface area contributed by atoms with Crippen LogP contribution in [0.25, 0.3) is 5.57 Å². The van der Waals surface area contributed by atoms with Gasteiger partial charge >= 0.3 is 7.60 Å². The summed E-state index contributed by atoms with van der Waals surface area (Å²) in [5.41, 5.74) is 5.73. The fourth-order valence-corrected chi connectivity index (χ4v) is 12.9. The third-order valence-electron chi connectivity index (χ3n) is 12.7. The maximum absolute atomic E-state index is 13.7. The lowest BCUT2D eigenvalue weighted by atomic mass is 9.73. The molecule has 2 fully saturated rings. The summed E-state index contributed by atoms with van der Waals surface area (Å²) in [4.78, 5) is 41.4. The van der Waals surface area contributed by atoms with Crippen LogP contribution in [-0.4, -0.2) is 137 Å². The van der Waals surface area contributed by atoms with Gasteiger partial charge in [0.25, 0.3) is 15.9 Å². The van der Waals surface area contributed by atoms with Crippen LogP contribution in [0.1, 0.15) is 55.5 Å². The van der Waals surface area contributed by atoms with Gasteiger partial charge in [-0.25, -0.2) is 21.6 Å². The molecule has 19 heteroatoms. The van der Waals surface area contributed by atoms with Gasteiger partial charge in [-0.15, -0.1) is 11.8 Å². The van der Waals surface area contributed by atoms with Crippen molar-refractivity contribution in [2.24, 2.45) is 5.41 Å². The van der Waals surface area contributed by atoms with Crippen LogP contribution in [0.3, 0.4) is 0 Å². The molecular weight excluding hydrogens is 951 g/mol. The maximum atomic E-state index is 13.7. The van der Waals surface area contributed by atoms with E-state index in [0.717, 1.165) is 79.9 Å². The molecule has 2 aliphatic heterocycles. The molecule has 0 saturated carbocycles. The maximum Gasteiger partial charge on any atom is 0.339 e. The first-order valence-corrected chi connectivity index (χ1v) is 29.1. The summed E-state index contributed by atoms with van der Waals surface area (Å²) in [6.45, 7) is 11.9. The van der Waals surface area contributed by atoms with E-state index in [9.17, 15) is 36.0 Å². The van der Waals surface area contributed by atoms with Crippen LogP contribution in [0.5, 0.6) is 0 Å². The Labute approximate surface area is 405 Å². The average molecular weight is 1010 g/mol. The molecule has 1 amide bonds. The topological polar surface area (TPSA) is 180 Å². The van der Waals surface area contributed by atoms with Crippen LogP contribution in [0.4, 0.5) is 11.4 Å². The summed E-state index contributed by atoms with van der Waals surface area (Å²) in [5.74, 6) is -0.264. The molecule has 3 aliphatic rings. The number of carbonyl (C=O) groups excluding carboxylic acids is 1. The number of hydrogen-bond acceptors (Lipinski definition) is 12. The number of benzene rings is 4. The van der Waals surface area contributed by atoms with E-state index in [4.69, 9.17) is 11.6 Å². The van der Waals surface area contributed by atoms with Crippen LogP contribution in [0.2, 0.25) is 5.02 Å². The van der Waals surface area contributed by atoms with Gasteiger partial charge in [0.2, 0.25) is 0 Å². The van der Waals surface area contributed by atoms with Crippen LogP contribution in [0, 0.1) is 5.41 Å². The zero-order chi connectivity index (χ0) is 48.0. The zero-order valence-electron chi connectivity index (χ0n) is 38.3. The number of sulfone groups is 1. The van der Waals surface area contributed by atoms with E-state index in [1.807, 2.05) is 54.6 Å². The fourth-order valence-electron chi connectivity index (χ4n) is 9.04. The molecule has 67 heavy (non-hydrogen) atoms. The number of allylic oxidation sites excluding steroid dienone is 1. The summed E-state index contributed by atoms with van der Waals surface area (Å²) >= 11 is 7.81. The third kappa shape index (κ3) is 14.6. The fraction of sp³-hybridized carbons (Fsp3) is 0.438. The van der Waals surface area contributed by atoms with Gasteiger partial charge in [0.1, 0.15) is 6.29 Å². The molecule has 0 aromatic heterocycles. The molecule has 1 atom stereocenters. The minimum absolute atomic E-state index is 0.149. The monoisotopic (exact) mass is 1010 g/mol. The van der Waals surface area contributed by atoms with Crippen molar-refractivity contribution in [3.8, 4) is 0 Å². The van der Waals surface area contributed by atoms with Gasteiger partial charge in [-0.3, -0.25) is 19.2 Å². The Balaban J connectivity index is 0.973. The Kier molecular flexibility index (Phi) is 16.7. The number of sulfonamides is 1. The van der Waals surface area contributed by atoms with Gasteiger partial charge < -0.3 is 24.9 Å². The molecule has 4 N–H and O–H groups in total. The van der Waals surface area contributed by atoms with Gasteiger partial charge in [0.15, 0.2) is 9.84 Å². The van der Waals surface area contributed by atoms with Crippen molar-refractivity contribution in [3.05, 3.63) is 119 Å². The summed E-state index contributed by atoms with van der Waals surface area (Å²) in [6.07, 6.45) is 4.59. The SMILES string of the molecule is CC1(C)CCC(c2ccc(Cl)cc2)=C(CN2CCN(c3ccc(C(=O)NS(=O)(=O)c4ccc(N[C@H](CCN5CCN(CP(=O)(O)O)CC5)CSc5ccccc5)c(S(C)(=O)=O)c4)cc3)CC2)C1. The van der Waals surface area contributed by atoms with E-state index in [1.54, 1.807) is 28.8 Å². The van der Waals surface area contributed by atoms with E-state index in [-0.39, 0.29) is 38.8 Å². The Morgan fingerprint density at radius 1 is 0.836 bits per heavy atom. The van der Waals surface area contributed by atoms with Gasteiger partial charge in [-0.2, -0.15) is 0 Å². The number of thioether (sulfide) groups is 1. The standard InChI is InChI=1S/C48H62ClN6O8PS3/c1-48(2)21-19-44(36-9-13-39(49)14-10-36)38(32-48)33-53-27-29-55(30-28-53)41-15-11-37(12-16-41)47(56)51-67(62,63)43-17-18-45(46(31-43)66(3,60)61)50-40(34-65-42-7-5-4-6-8-42)20-22-52-23-25-54(26-24-52)35-64(57,58)59/h4-18,31,40,50H,19-30,32-35H2,1-3H3,(H,51,56)(H2,57,58,59)/t40-/m1/s1. The minimum atomic E-state index is -4.48. The Morgan fingerprint density at radius 3 is 2.12 bits per heavy atom. The van der Waals surface area contributed by atoms with Crippen molar-refractivity contribution < 1.29 is 36.0 Å². The minimum Gasteiger partial charge on any atom is -0.380 e. The highest BCUT2D eigenvalue weighted by atomic mass is 35.5. The van der Waals surface area contributed by atoms with Crippen molar-refractivity contribution in [2.45, 2.75) is 60.3 Å². The predicted octanol–water partition coefficient (Wildman–Crippen LogP) is 7.36. The molecule has 362 valence electrons. The van der Waals surface area contributed by atoms with Crippen molar-refractivity contribution in [1.82, 2.24) is 19.4 Å². The summed E-state index contributed by atoms with van der Waals surface area (Å²) in [5, 5.41) is 4.12. The number of piperazine rings is 2. The number of amides is 1. The predicted molar refractivity (Wildman–Crippen MR) is 269 cm³/mol. The van der Waals surface area contributed by atoms with Crippen LogP contribution in [-0.2, 0) is 24.4 Å². The average Bonchev–Trinajstić information content (AvgIpc) is 3.28. The van der Waals surface area contributed by atoms with E-state index >= 15 is 0 Å². The molecule has 0 bridgehead atoms. The molecule has 1 aliphatic carbocycles. The van der Waals surface area contributed by atoms with Gasteiger partial charge in [0.05, 0.1) is 15.5 Å². The van der Waals surface area contributed by atoms with Crippen molar-refractivity contribution in [3.63, 3.8) is 0 Å². The molecular formula is C48H62ClN6O8PS3. The van der Waals surface area contributed by atoms with E-state index in [0.29, 0.717) is 44.9 Å². The second-order valence-electron chi connectivity index (χ2n) is 18.6. The molecule has 2 heterocycles. The second kappa shape index (κ2) is 21.9. The van der Waals surface area contributed by atoms with E-state index in [2.05, 4.69) is 50.7 Å². The summed E-state index contributed by atoms with van der Waals surface area (Å²) < 4.78 is 67.5. The van der Waals surface area contributed by atoms with Crippen molar-refractivity contribution in [1.29, 1.82) is 0 Å². The lowest BCUT2D eigenvalue weighted by Gasteiger charge is -2.39. The van der Waals surface area contributed by atoms with E-state index < -0.39 is 33.4 Å². The first kappa shape index (κ1) is 51.1. The van der Waals surface area contributed by atoms with Gasteiger partial charge in [-0.1, -0.05) is 61.4 Å². The molecule has 2 saturated heterocycles. The molecule has 4 aromatic carbocycles. The number of anilines is 2. The van der Waals surface area contributed by atoms with Crippen molar-refractivity contribution >= 4 is 73.7 Å². The largest absolute Gasteiger partial charge is 0.380 e. The zero-order valence-corrected chi connectivity index (χ0v) is 42.4. The highest BCUT2D eigenvalue weighted by Crippen LogP contribution is 2.43. The quantitative estimate of drug-likeness (QED) is 0.0574. The summed E-state index contributed by atoms with van der Waals surface area (Å²) in [7, 11) is -12.6. The first-order chi connectivity index (χ1) is 31.7. The Morgan fingerprint density at radius 2 is 1.48 bits per heavy atom. The lowest BCUT2D eigenvalue weighted by molar-refractivity contribution is 0.0981. The third-order valence-corrected chi connectivity index (χ3v) is 17.4. The summed E-state index contributed by atoms with van der Waals surface area (Å²) in [6, 6.07) is 28.4. The number of nitrogens with zero attached hydrogens (tertiary/aromatic N) is 4. The molecule has 0 radical (unpaired) electrons. The smallest absolute Gasteiger partial charge is 0.339 e. The second-order valence-corrected chi connectivity index (χ2v) is 25.4. The van der Waals surface area contributed by atoms with Crippen LogP contribution in [0.15, 0.2) is 117 Å². The molecule has 0 unspecified atom stereocenters. The number of rotatable bonds is 18. The lowest BCUT2D eigenvalue weighted by Crippen LogP contribution is -2.47. The molecule has 14 nitrogen and oxygen atoms in total. The first-order valence-electron chi connectivity index (χ1n) is 22.6. The highest BCUT2D eigenvalue weighted by Gasteiger charge is 2.31. The Bertz CT molecular complexity index is 2650. The van der Waals surface area contributed by atoms with Gasteiger partial charge in [-0.05, 0) is 109 Å². The molecule has 0 spiro atoms. The number of hydrogen-bond donors (Lipinski definition) is 4. The van der Waals surface area contributed by atoms with Crippen LogP contribution >= 0.6 is 31.0 Å². The number of carbonyl (C=O) groups is 1. The number of nitrogens with one attached hydrogen (secondary N) is 2. The van der Waals surface area contributed by atoms with E-state index in [1.165, 1.54) is 28.8 Å². The number of halogens is 1. The normalized spacial score (nSPS) is 18.4. The van der Waals surface area contributed by atoms with Crippen LogP contribution < -0.4 is 14.9 Å². The Hall–Kier alpha value is -3.74. The van der Waals surface area contributed by atoms with Gasteiger partial charge in [0, 0.05) is 105 Å². The highest BCUT2D eigenvalue weighted by molar-refractivity contribution is 7.99.